The van der Waals surface area contributed by atoms with Gasteiger partial charge in [-0.2, -0.15) is 9.40 Å². The maximum atomic E-state index is 12.6. The second-order valence-corrected chi connectivity index (χ2v) is 7.67. The predicted octanol–water partition coefficient (Wildman–Crippen LogP) is 1.04. The summed E-state index contributed by atoms with van der Waals surface area (Å²) in [5, 5.41) is 4.05. The van der Waals surface area contributed by atoms with Gasteiger partial charge in [-0.15, -0.1) is 0 Å². The fourth-order valence-corrected chi connectivity index (χ4v) is 4.18. The smallest absolute Gasteiger partial charge is 0.246 e. The first-order chi connectivity index (χ1) is 9.45. The molecule has 0 amide bonds. The van der Waals surface area contributed by atoms with E-state index in [1.807, 2.05) is 0 Å². The molecule has 2 N–H and O–H groups in total. The Balaban J connectivity index is 2.15. The van der Waals surface area contributed by atoms with Gasteiger partial charge in [-0.05, 0) is 18.8 Å². The summed E-state index contributed by atoms with van der Waals surface area (Å²) in [4.78, 5) is 0.256. The van der Waals surface area contributed by atoms with Crippen LogP contribution in [0.5, 0.6) is 0 Å². The van der Waals surface area contributed by atoms with Gasteiger partial charge in [0.15, 0.2) is 0 Å². The highest BCUT2D eigenvalue weighted by Crippen LogP contribution is 2.29. The van der Waals surface area contributed by atoms with Gasteiger partial charge in [0.2, 0.25) is 10.0 Å². The molecule has 0 radical (unpaired) electrons. The van der Waals surface area contributed by atoms with Crippen molar-refractivity contribution in [2.45, 2.75) is 50.1 Å². The van der Waals surface area contributed by atoms with Gasteiger partial charge >= 0.3 is 0 Å². The van der Waals surface area contributed by atoms with Crippen molar-refractivity contribution < 1.29 is 8.42 Å². The van der Waals surface area contributed by atoms with Crippen LogP contribution in [0.15, 0.2) is 17.3 Å². The Bertz CT molecular complexity index is 540. The van der Waals surface area contributed by atoms with E-state index in [1.165, 1.54) is 16.9 Å². The Morgan fingerprint density at radius 2 is 2.25 bits per heavy atom. The van der Waals surface area contributed by atoms with Crippen LogP contribution in [-0.4, -0.2) is 42.1 Å². The number of nitrogens with zero attached hydrogens (tertiary/aromatic N) is 3. The third-order valence-electron chi connectivity index (χ3n) is 4.07. The number of sulfonamides is 1. The number of hydrogen-bond donors (Lipinski definition) is 1. The van der Waals surface area contributed by atoms with E-state index in [-0.39, 0.29) is 10.9 Å². The number of aromatic nitrogens is 2. The molecule has 0 bridgehead atoms. The third kappa shape index (κ3) is 3.21. The zero-order chi connectivity index (χ0) is 14.8. The number of rotatable bonds is 5. The lowest BCUT2D eigenvalue weighted by atomic mass is 9.87. The Morgan fingerprint density at radius 3 is 2.90 bits per heavy atom. The van der Waals surface area contributed by atoms with Gasteiger partial charge in [0.25, 0.3) is 0 Å². The largest absolute Gasteiger partial charge is 0.329 e. The molecule has 2 atom stereocenters. The summed E-state index contributed by atoms with van der Waals surface area (Å²) in [7, 11) is -1.77. The minimum absolute atomic E-state index is 0.0987. The molecule has 0 aliphatic heterocycles. The fourth-order valence-electron chi connectivity index (χ4n) is 2.83. The molecule has 1 aliphatic rings. The molecule has 0 saturated heterocycles. The molecule has 6 nitrogen and oxygen atoms in total. The first kappa shape index (κ1) is 15.5. The van der Waals surface area contributed by atoms with E-state index in [0.29, 0.717) is 19.0 Å². The van der Waals surface area contributed by atoms with Crippen molar-refractivity contribution in [3.63, 3.8) is 0 Å². The molecule has 2 unspecified atom stereocenters. The van der Waals surface area contributed by atoms with Crippen LogP contribution in [0.25, 0.3) is 0 Å². The molecule has 2 rings (SSSR count). The molecule has 0 aromatic carbocycles. The highest BCUT2D eigenvalue weighted by Gasteiger charge is 2.31. The maximum absolute atomic E-state index is 12.6. The Hall–Kier alpha value is -0.920. The van der Waals surface area contributed by atoms with E-state index in [9.17, 15) is 8.42 Å². The SMILES string of the molecule is CC1CCCC(N(C)S(=O)(=O)c2cnn(CCN)c2)C1. The minimum atomic E-state index is -3.45. The maximum Gasteiger partial charge on any atom is 0.246 e. The van der Waals surface area contributed by atoms with Crippen molar-refractivity contribution in [1.82, 2.24) is 14.1 Å². The molecule has 114 valence electrons. The molecular weight excluding hydrogens is 276 g/mol. The van der Waals surface area contributed by atoms with Gasteiger partial charge < -0.3 is 5.73 Å². The van der Waals surface area contributed by atoms with Crippen LogP contribution in [0.2, 0.25) is 0 Å². The predicted molar refractivity (Wildman–Crippen MR) is 77.7 cm³/mol. The molecule has 0 spiro atoms. The summed E-state index contributed by atoms with van der Waals surface area (Å²) in [5.41, 5.74) is 5.45. The van der Waals surface area contributed by atoms with Gasteiger partial charge in [0.1, 0.15) is 4.90 Å². The van der Waals surface area contributed by atoms with Crippen LogP contribution >= 0.6 is 0 Å². The van der Waals surface area contributed by atoms with E-state index >= 15 is 0 Å². The first-order valence-corrected chi connectivity index (χ1v) is 8.59. The number of hydrogen-bond acceptors (Lipinski definition) is 4. The first-order valence-electron chi connectivity index (χ1n) is 7.15. The topological polar surface area (TPSA) is 81.2 Å². The quantitative estimate of drug-likeness (QED) is 0.881. The summed E-state index contributed by atoms with van der Waals surface area (Å²) in [5.74, 6) is 0.589. The van der Waals surface area contributed by atoms with Crippen LogP contribution < -0.4 is 5.73 Å². The van der Waals surface area contributed by atoms with E-state index < -0.39 is 10.0 Å². The summed E-state index contributed by atoms with van der Waals surface area (Å²) in [6.07, 6.45) is 7.14. The molecule has 1 heterocycles. The zero-order valence-electron chi connectivity index (χ0n) is 12.2. The van der Waals surface area contributed by atoms with E-state index in [1.54, 1.807) is 17.9 Å². The van der Waals surface area contributed by atoms with Gasteiger partial charge in [0.05, 0.1) is 12.7 Å². The monoisotopic (exact) mass is 300 g/mol. The van der Waals surface area contributed by atoms with E-state index in [4.69, 9.17) is 5.73 Å². The molecule has 1 fully saturated rings. The highest BCUT2D eigenvalue weighted by molar-refractivity contribution is 7.89. The van der Waals surface area contributed by atoms with Gasteiger partial charge in [-0.1, -0.05) is 19.8 Å². The van der Waals surface area contributed by atoms with Gasteiger partial charge in [0, 0.05) is 25.8 Å². The Morgan fingerprint density at radius 1 is 1.50 bits per heavy atom. The molecule has 7 heteroatoms. The van der Waals surface area contributed by atoms with Crippen LogP contribution in [0.4, 0.5) is 0 Å². The molecule has 1 saturated carbocycles. The second-order valence-electron chi connectivity index (χ2n) is 5.67. The minimum Gasteiger partial charge on any atom is -0.329 e. The lowest BCUT2D eigenvalue weighted by Crippen LogP contribution is -2.39. The summed E-state index contributed by atoms with van der Waals surface area (Å²) >= 11 is 0. The zero-order valence-corrected chi connectivity index (χ0v) is 13.0. The second kappa shape index (κ2) is 6.24. The average molecular weight is 300 g/mol. The van der Waals surface area contributed by atoms with Crippen LogP contribution in [0, 0.1) is 5.92 Å². The molecular formula is C13H24N4O2S. The molecule has 1 aromatic heterocycles. The highest BCUT2D eigenvalue weighted by atomic mass is 32.2. The summed E-state index contributed by atoms with van der Waals surface area (Å²) in [6.45, 7) is 3.16. The molecule has 1 aromatic rings. The Kier molecular flexibility index (Phi) is 4.82. The van der Waals surface area contributed by atoms with Crippen LogP contribution in [0.3, 0.4) is 0 Å². The third-order valence-corrected chi connectivity index (χ3v) is 5.93. The normalized spacial score (nSPS) is 24.2. The van der Waals surface area contributed by atoms with E-state index in [2.05, 4.69) is 12.0 Å². The van der Waals surface area contributed by atoms with Crippen molar-refractivity contribution in [3.05, 3.63) is 12.4 Å². The van der Waals surface area contributed by atoms with Crippen molar-refractivity contribution in [1.29, 1.82) is 0 Å². The van der Waals surface area contributed by atoms with Crippen molar-refractivity contribution >= 4 is 10.0 Å². The average Bonchev–Trinajstić information content (AvgIpc) is 2.87. The van der Waals surface area contributed by atoms with Crippen molar-refractivity contribution in [2.75, 3.05) is 13.6 Å². The van der Waals surface area contributed by atoms with Crippen molar-refractivity contribution in [3.8, 4) is 0 Å². The van der Waals surface area contributed by atoms with Crippen molar-refractivity contribution in [2.24, 2.45) is 11.7 Å². The van der Waals surface area contributed by atoms with E-state index in [0.717, 1.165) is 19.3 Å². The number of nitrogens with two attached hydrogens (primary N) is 1. The van der Waals surface area contributed by atoms with Gasteiger partial charge in [-0.25, -0.2) is 8.42 Å². The standard InChI is InChI=1S/C13H24N4O2S/c1-11-4-3-5-12(8-11)16(2)20(18,19)13-9-15-17(10-13)7-6-14/h9-12H,3-8,14H2,1-2H3. The molecule has 20 heavy (non-hydrogen) atoms. The summed E-state index contributed by atoms with van der Waals surface area (Å²) < 4.78 is 28.3. The lowest BCUT2D eigenvalue weighted by molar-refractivity contribution is 0.239. The summed E-state index contributed by atoms with van der Waals surface area (Å²) in [6, 6.07) is 0.0987. The fraction of sp³-hybridized carbons (Fsp3) is 0.769. The van der Waals surface area contributed by atoms with Gasteiger partial charge in [-0.3, -0.25) is 4.68 Å². The lowest BCUT2D eigenvalue weighted by Gasteiger charge is -2.33. The van der Waals surface area contributed by atoms with Crippen LogP contribution in [0.1, 0.15) is 32.6 Å². The Labute approximate surface area is 121 Å². The molecule has 1 aliphatic carbocycles. The van der Waals surface area contributed by atoms with Crippen LogP contribution in [-0.2, 0) is 16.6 Å².